The Kier molecular flexibility index (Phi) is 6.61. The summed E-state index contributed by atoms with van der Waals surface area (Å²) in [5.74, 6) is -0.230. The summed E-state index contributed by atoms with van der Waals surface area (Å²) in [6, 6.07) is 5.03. The molecule has 2 N–H and O–H groups in total. The molecule has 0 aliphatic carbocycles. The highest BCUT2D eigenvalue weighted by molar-refractivity contribution is 9.10. The van der Waals surface area contributed by atoms with Gasteiger partial charge in [-0.15, -0.1) is 0 Å². The SMILES string of the molecule is OCCCCCNCc1ccc(F)c(Br)c1. The number of aliphatic hydroxyl groups is 1. The predicted molar refractivity (Wildman–Crippen MR) is 66.7 cm³/mol. The van der Waals surface area contributed by atoms with Gasteiger partial charge in [0.2, 0.25) is 0 Å². The Bertz CT molecular complexity index is 320. The van der Waals surface area contributed by atoms with Crippen molar-refractivity contribution >= 4 is 15.9 Å². The first-order valence-corrected chi connectivity index (χ1v) is 6.29. The van der Waals surface area contributed by atoms with E-state index in [1.165, 1.54) is 6.07 Å². The van der Waals surface area contributed by atoms with E-state index in [0.29, 0.717) is 4.47 Å². The first kappa shape index (κ1) is 13.6. The van der Waals surface area contributed by atoms with E-state index in [2.05, 4.69) is 21.2 Å². The Hall–Kier alpha value is -0.450. The quantitative estimate of drug-likeness (QED) is 0.757. The fraction of sp³-hybridized carbons (Fsp3) is 0.500. The number of rotatable bonds is 7. The predicted octanol–water partition coefficient (Wildman–Crippen LogP) is 2.84. The molecule has 0 aromatic heterocycles. The van der Waals surface area contributed by atoms with Gasteiger partial charge in [-0.1, -0.05) is 6.07 Å². The van der Waals surface area contributed by atoms with Crippen molar-refractivity contribution in [1.82, 2.24) is 5.32 Å². The van der Waals surface area contributed by atoms with Gasteiger partial charge in [0.05, 0.1) is 4.47 Å². The molecule has 0 aliphatic rings. The number of benzene rings is 1. The second-order valence-corrected chi connectivity index (χ2v) is 4.56. The van der Waals surface area contributed by atoms with Gasteiger partial charge in [0.25, 0.3) is 0 Å². The summed E-state index contributed by atoms with van der Waals surface area (Å²) >= 11 is 3.16. The topological polar surface area (TPSA) is 32.3 Å². The van der Waals surface area contributed by atoms with Crippen molar-refractivity contribution in [2.45, 2.75) is 25.8 Å². The maximum absolute atomic E-state index is 12.9. The smallest absolute Gasteiger partial charge is 0.137 e. The van der Waals surface area contributed by atoms with Crippen LogP contribution in [0.5, 0.6) is 0 Å². The molecular formula is C12H17BrFNO. The minimum Gasteiger partial charge on any atom is -0.396 e. The van der Waals surface area contributed by atoms with E-state index in [1.54, 1.807) is 12.1 Å². The van der Waals surface area contributed by atoms with Crippen LogP contribution in [0.2, 0.25) is 0 Å². The van der Waals surface area contributed by atoms with E-state index in [-0.39, 0.29) is 12.4 Å². The van der Waals surface area contributed by atoms with Crippen LogP contribution >= 0.6 is 15.9 Å². The zero-order chi connectivity index (χ0) is 11.8. The summed E-state index contributed by atoms with van der Waals surface area (Å²) in [6.45, 7) is 1.94. The third kappa shape index (κ3) is 5.05. The van der Waals surface area contributed by atoms with Crippen LogP contribution in [0.15, 0.2) is 22.7 Å². The van der Waals surface area contributed by atoms with Crippen LogP contribution in [-0.4, -0.2) is 18.3 Å². The van der Waals surface area contributed by atoms with Gasteiger partial charge in [-0.05, 0) is 59.4 Å². The average Bonchev–Trinajstić information content (AvgIpc) is 2.28. The fourth-order valence-electron chi connectivity index (χ4n) is 1.42. The zero-order valence-corrected chi connectivity index (χ0v) is 10.8. The van der Waals surface area contributed by atoms with Gasteiger partial charge >= 0.3 is 0 Å². The fourth-order valence-corrected chi connectivity index (χ4v) is 1.85. The van der Waals surface area contributed by atoms with E-state index >= 15 is 0 Å². The molecule has 0 atom stereocenters. The Morgan fingerprint density at radius 2 is 2.06 bits per heavy atom. The van der Waals surface area contributed by atoms with Crippen LogP contribution in [0.3, 0.4) is 0 Å². The Balaban J connectivity index is 2.19. The van der Waals surface area contributed by atoms with E-state index in [4.69, 9.17) is 5.11 Å². The molecule has 0 aliphatic heterocycles. The summed E-state index contributed by atoms with van der Waals surface area (Å²) in [5, 5.41) is 11.9. The Morgan fingerprint density at radius 1 is 1.25 bits per heavy atom. The monoisotopic (exact) mass is 289 g/mol. The second-order valence-electron chi connectivity index (χ2n) is 3.71. The first-order chi connectivity index (χ1) is 7.74. The van der Waals surface area contributed by atoms with Gasteiger partial charge < -0.3 is 10.4 Å². The van der Waals surface area contributed by atoms with Crippen molar-refractivity contribution in [3.05, 3.63) is 34.1 Å². The summed E-state index contributed by atoms with van der Waals surface area (Å²) < 4.78 is 13.4. The lowest BCUT2D eigenvalue weighted by Gasteiger charge is -2.05. The number of aliphatic hydroxyl groups excluding tert-OH is 1. The lowest BCUT2D eigenvalue weighted by Crippen LogP contribution is -2.14. The van der Waals surface area contributed by atoms with Gasteiger partial charge in [0.15, 0.2) is 0 Å². The van der Waals surface area contributed by atoms with Crippen molar-refractivity contribution < 1.29 is 9.50 Å². The molecule has 16 heavy (non-hydrogen) atoms. The molecule has 90 valence electrons. The molecule has 0 saturated heterocycles. The third-order valence-corrected chi connectivity index (χ3v) is 2.93. The van der Waals surface area contributed by atoms with Crippen LogP contribution in [0, 0.1) is 5.82 Å². The number of nitrogens with one attached hydrogen (secondary N) is 1. The highest BCUT2D eigenvalue weighted by Gasteiger charge is 1.99. The molecule has 0 radical (unpaired) electrons. The molecule has 0 bridgehead atoms. The Morgan fingerprint density at radius 3 is 2.75 bits per heavy atom. The van der Waals surface area contributed by atoms with E-state index in [1.807, 2.05) is 0 Å². The highest BCUT2D eigenvalue weighted by Crippen LogP contribution is 2.16. The standard InChI is InChI=1S/C12H17BrFNO/c13-11-8-10(4-5-12(11)14)9-15-6-2-1-3-7-16/h4-5,8,15-16H,1-3,6-7,9H2. The summed E-state index contributed by atoms with van der Waals surface area (Å²) in [7, 11) is 0. The summed E-state index contributed by atoms with van der Waals surface area (Å²) in [4.78, 5) is 0. The van der Waals surface area contributed by atoms with Crippen molar-refractivity contribution in [2.24, 2.45) is 0 Å². The molecule has 1 aromatic rings. The van der Waals surface area contributed by atoms with Crippen LogP contribution < -0.4 is 5.32 Å². The maximum atomic E-state index is 12.9. The minimum atomic E-state index is -0.230. The van der Waals surface area contributed by atoms with Crippen LogP contribution in [0.25, 0.3) is 0 Å². The Labute approximate surface area is 104 Å². The molecule has 0 unspecified atom stereocenters. The molecular weight excluding hydrogens is 273 g/mol. The van der Waals surface area contributed by atoms with Gasteiger partial charge in [0, 0.05) is 13.2 Å². The first-order valence-electron chi connectivity index (χ1n) is 5.49. The molecule has 0 spiro atoms. The van der Waals surface area contributed by atoms with E-state index < -0.39 is 0 Å². The van der Waals surface area contributed by atoms with Gasteiger partial charge in [-0.3, -0.25) is 0 Å². The van der Waals surface area contributed by atoms with E-state index in [0.717, 1.165) is 37.9 Å². The normalized spacial score (nSPS) is 10.7. The lowest BCUT2D eigenvalue weighted by molar-refractivity contribution is 0.283. The van der Waals surface area contributed by atoms with Gasteiger partial charge in [-0.25, -0.2) is 4.39 Å². The largest absolute Gasteiger partial charge is 0.396 e. The van der Waals surface area contributed by atoms with Crippen molar-refractivity contribution in [2.75, 3.05) is 13.2 Å². The third-order valence-electron chi connectivity index (χ3n) is 2.32. The van der Waals surface area contributed by atoms with Gasteiger partial charge in [0.1, 0.15) is 5.82 Å². The molecule has 1 rings (SSSR count). The lowest BCUT2D eigenvalue weighted by atomic mass is 10.2. The van der Waals surface area contributed by atoms with Crippen LogP contribution in [-0.2, 0) is 6.54 Å². The number of unbranched alkanes of at least 4 members (excludes halogenated alkanes) is 2. The molecule has 1 aromatic carbocycles. The average molecular weight is 290 g/mol. The van der Waals surface area contributed by atoms with Crippen molar-refractivity contribution in [3.63, 3.8) is 0 Å². The summed E-state index contributed by atoms with van der Waals surface area (Å²) in [5.41, 5.74) is 1.07. The van der Waals surface area contributed by atoms with Crippen molar-refractivity contribution in [3.8, 4) is 0 Å². The molecule has 0 saturated carbocycles. The second kappa shape index (κ2) is 7.76. The number of hydrogen-bond donors (Lipinski definition) is 2. The molecule has 4 heteroatoms. The maximum Gasteiger partial charge on any atom is 0.137 e. The minimum absolute atomic E-state index is 0.230. The molecule has 0 amide bonds. The van der Waals surface area contributed by atoms with E-state index in [9.17, 15) is 4.39 Å². The number of hydrogen-bond acceptors (Lipinski definition) is 2. The number of halogens is 2. The summed E-state index contributed by atoms with van der Waals surface area (Å²) in [6.07, 6.45) is 2.96. The van der Waals surface area contributed by atoms with Crippen LogP contribution in [0.4, 0.5) is 4.39 Å². The molecule has 2 nitrogen and oxygen atoms in total. The molecule has 0 heterocycles. The van der Waals surface area contributed by atoms with Crippen LogP contribution in [0.1, 0.15) is 24.8 Å². The highest BCUT2D eigenvalue weighted by atomic mass is 79.9. The zero-order valence-electron chi connectivity index (χ0n) is 9.18. The molecule has 0 fully saturated rings. The van der Waals surface area contributed by atoms with Crippen molar-refractivity contribution in [1.29, 1.82) is 0 Å². The van der Waals surface area contributed by atoms with Gasteiger partial charge in [-0.2, -0.15) is 0 Å².